The second-order valence-electron chi connectivity index (χ2n) is 2.18. The van der Waals surface area contributed by atoms with Crippen molar-refractivity contribution in [3.05, 3.63) is 23.8 Å². The minimum Gasteiger partial charge on any atom is -0.504 e. The predicted octanol–water partition coefficient (Wildman–Crippen LogP) is 2.29. The van der Waals surface area contributed by atoms with E-state index in [0.29, 0.717) is 0 Å². The van der Waals surface area contributed by atoms with Crippen molar-refractivity contribution in [3.63, 3.8) is 0 Å². The molecule has 0 rings (SSSR count). The van der Waals surface area contributed by atoms with E-state index in [9.17, 15) is 4.79 Å². The Hall–Kier alpha value is -0.460. The SMILES string of the molecule is C[C-]=CCC/C(C)=C\C=O.[Am]. The molecule has 0 atom stereocenters. The molecule has 0 N–H and O–H groups in total. The number of aldehydes is 1. The van der Waals surface area contributed by atoms with Crippen molar-refractivity contribution in [2.45, 2.75) is 26.7 Å². The average molecular weight is 380 g/mol. The third-order valence-corrected chi connectivity index (χ3v) is 1.24. The number of hydrogen-bond acceptors (Lipinski definition) is 1. The second-order valence-corrected chi connectivity index (χ2v) is 2.18. The predicted molar refractivity (Wildman–Crippen MR) is 42.5 cm³/mol. The molecule has 0 aromatic heterocycles. The maximum Gasteiger partial charge on any atom is 0.142 e. The third-order valence-electron chi connectivity index (χ3n) is 1.24. The smallest absolute Gasteiger partial charge is 0.142 e. The van der Waals surface area contributed by atoms with Crippen molar-refractivity contribution in [2.75, 3.05) is 0 Å². The topological polar surface area (TPSA) is 17.1 Å². The Bertz CT molecular complexity index is 148. The van der Waals surface area contributed by atoms with E-state index >= 15 is 0 Å². The quantitative estimate of drug-likeness (QED) is 0.416. The summed E-state index contributed by atoms with van der Waals surface area (Å²) in [5.41, 5.74) is 1.13. The zero-order chi connectivity index (χ0) is 7.82. The van der Waals surface area contributed by atoms with Crippen molar-refractivity contribution in [3.8, 4) is 0 Å². The average Bonchev–Trinajstić information content (AvgIpc) is 1.89. The van der Waals surface area contributed by atoms with Gasteiger partial charge < -0.3 is 6.08 Å². The van der Waals surface area contributed by atoms with Crippen LogP contribution in [-0.4, -0.2) is 6.29 Å². The van der Waals surface area contributed by atoms with E-state index in [1.807, 2.05) is 19.9 Å². The molecule has 2 heteroatoms. The van der Waals surface area contributed by atoms with Gasteiger partial charge >= 0.3 is 0 Å². The van der Waals surface area contributed by atoms with Gasteiger partial charge in [0.15, 0.2) is 0 Å². The summed E-state index contributed by atoms with van der Waals surface area (Å²) in [5.74, 6) is 0. The van der Waals surface area contributed by atoms with Crippen molar-refractivity contribution in [1.29, 1.82) is 0 Å². The molecule has 0 saturated carbocycles. The standard InChI is InChI=1S/C9H13O.Am/c1-3-4-5-6-9(2)7-8-10;/h4,7-8H,5-6H2,1-2H3;/q-1;/b9-7-;. The van der Waals surface area contributed by atoms with Crippen molar-refractivity contribution in [2.24, 2.45) is 0 Å². The number of carbonyl (C=O) groups excluding carboxylic acids is 1. The molecule has 1 nitrogen and oxygen atoms in total. The molecule has 0 aromatic rings. The Morgan fingerprint density at radius 2 is 2.18 bits per heavy atom. The Morgan fingerprint density at radius 1 is 1.55 bits per heavy atom. The maximum absolute atomic E-state index is 9.95. The van der Waals surface area contributed by atoms with E-state index in [4.69, 9.17) is 0 Å². The van der Waals surface area contributed by atoms with E-state index in [1.54, 1.807) is 6.08 Å². The molecular formula is C9H13AmO-. The van der Waals surface area contributed by atoms with Gasteiger partial charge in [-0.3, -0.25) is 10.9 Å². The molecule has 0 saturated heterocycles. The van der Waals surface area contributed by atoms with Gasteiger partial charge in [0.05, 0.1) is 0 Å². The fourth-order valence-electron chi connectivity index (χ4n) is 0.644. The van der Waals surface area contributed by atoms with Gasteiger partial charge in [-0.05, 0) is 19.4 Å². The van der Waals surface area contributed by atoms with E-state index in [2.05, 4.69) is 6.08 Å². The number of carbonyl (C=O) groups is 1. The fourth-order valence-corrected chi connectivity index (χ4v) is 0.644. The monoisotopic (exact) mass is 378 g/mol. The molecule has 1 radical (unpaired) electrons. The first-order chi connectivity index (χ1) is 4.81. The molecule has 0 fully saturated rings. The molecule has 63 valence electrons. The minimum absolute atomic E-state index is 0. The molecule has 0 amide bonds. The van der Waals surface area contributed by atoms with Crippen LogP contribution >= 0.6 is 0 Å². The molecular weight excluding hydrogens is 367 g/mol. The Morgan fingerprint density at radius 3 is 2.64 bits per heavy atom. The van der Waals surface area contributed by atoms with E-state index in [-0.39, 0.29) is 14.3 Å². The van der Waals surface area contributed by atoms with Gasteiger partial charge in [0.25, 0.3) is 0 Å². The summed E-state index contributed by atoms with van der Waals surface area (Å²) in [5, 5.41) is 0. The number of allylic oxidation sites excluding steroid dienone is 4. The van der Waals surface area contributed by atoms with Crippen LogP contribution in [-0.2, 0) is 4.79 Å². The van der Waals surface area contributed by atoms with Crippen LogP contribution < -0.4 is 0 Å². The molecule has 0 bridgehead atoms. The van der Waals surface area contributed by atoms with Gasteiger partial charge in [0.2, 0.25) is 0 Å². The van der Waals surface area contributed by atoms with Gasteiger partial charge in [-0.25, -0.2) is 0 Å². The van der Waals surface area contributed by atoms with Gasteiger partial charge in [0, 0.05) is 14.3 Å². The van der Waals surface area contributed by atoms with Crippen LogP contribution in [0.4, 0.5) is 0 Å². The van der Waals surface area contributed by atoms with Gasteiger partial charge in [-0.15, -0.1) is 0 Å². The van der Waals surface area contributed by atoms with Crippen molar-refractivity contribution < 1.29 is 19.1 Å². The molecule has 0 aliphatic rings. The Labute approximate surface area is 76.4 Å². The summed E-state index contributed by atoms with van der Waals surface area (Å²) in [6.07, 6.45) is 9.26. The van der Waals surface area contributed by atoms with Crippen LogP contribution in [0.2, 0.25) is 0 Å². The van der Waals surface area contributed by atoms with Crippen LogP contribution in [0, 0.1) is 20.4 Å². The molecule has 0 aliphatic carbocycles. The van der Waals surface area contributed by atoms with Crippen LogP contribution in [0.1, 0.15) is 26.7 Å². The maximum atomic E-state index is 9.95. The van der Waals surface area contributed by atoms with Crippen LogP contribution in [0.5, 0.6) is 0 Å². The summed E-state index contributed by atoms with van der Waals surface area (Å²) >= 11 is 0. The zero-order valence-corrected chi connectivity index (χ0v) is 10.1. The number of rotatable bonds is 4. The van der Waals surface area contributed by atoms with Crippen LogP contribution in [0.3, 0.4) is 0 Å². The molecule has 11 heavy (non-hydrogen) atoms. The second kappa shape index (κ2) is 9.54. The Kier molecular flexibility index (Phi) is 11.4. The van der Waals surface area contributed by atoms with Crippen LogP contribution in [0.15, 0.2) is 17.7 Å². The largest absolute Gasteiger partial charge is 0.504 e. The summed E-state index contributed by atoms with van der Waals surface area (Å²) in [6.45, 7) is 3.83. The van der Waals surface area contributed by atoms with E-state index < -0.39 is 0 Å². The molecule has 0 heterocycles. The summed E-state index contributed by atoms with van der Waals surface area (Å²) in [6, 6.07) is 0. The normalized spacial score (nSPS) is 11.3. The minimum atomic E-state index is 0. The van der Waals surface area contributed by atoms with Crippen molar-refractivity contribution >= 4 is 6.29 Å². The van der Waals surface area contributed by atoms with E-state index in [0.717, 1.165) is 24.7 Å². The fraction of sp³-hybridized carbons (Fsp3) is 0.444. The van der Waals surface area contributed by atoms with Gasteiger partial charge in [-0.1, -0.05) is 12.0 Å². The van der Waals surface area contributed by atoms with Crippen LogP contribution in [0.25, 0.3) is 0 Å². The molecule has 0 aromatic carbocycles. The van der Waals surface area contributed by atoms with Gasteiger partial charge in [0.1, 0.15) is 6.29 Å². The first kappa shape index (κ1) is 13.2. The third kappa shape index (κ3) is 9.54. The molecule has 0 unspecified atom stereocenters. The summed E-state index contributed by atoms with van der Waals surface area (Å²) < 4.78 is 0. The van der Waals surface area contributed by atoms with Gasteiger partial charge in [-0.2, -0.15) is 6.92 Å². The first-order valence-electron chi connectivity index (χ1n) is 3.41. The molecule has 0 aliphatic heterocycles. The Balaban J connectivity index is 0. The number of hydrogen-bond donors (Lipinski definition) is 0. The summed E-state index contributed by atoms with van der Waals surface area (Å²) in [7, 11) is 0. The first-order valence-corrected chi connectivity index (χ1v) is 3.41. The van der Waals surface area contributed by atoms with Crippen molar-refractivity contribution in [1.82, 2.24) is 0 Å². The van der Waals surface area contributed by atoms with E-state index in [1.165, 1.54) is 0 Å². The zero-order valence-electron chi connectivity index (χ0n) is 6.93. The summed E-state index contributed by atoms with van der Waals surface area (Å²) in [4.78, 5) is 9.95. The molecule has 0 spiro atoms.